The van der Waals surface area contributed by atoms with Gasteiger partial charge < -0.3 is 9.88 Å². The second-order valence-corrected chi connectivity index (χ2v) is 8.54. The molecule has 0 radical (unpaired) electrons. The smallest absolute Gasteiger partial charge is 0.269 e. The number of halogens is 2. The Balaban J connectivity index is 1.72. The number of hydrogen-bond acceptors (Lipinski definition) is 4. The molecule has 1 aromatic heterocycles. The van der Waals surface area contributed by atoms with Gasteiger partial charge in [-0.3, -0.25) is 14.9 Å². The van der Waals surface area contributed by atoms with Gasteiger partial charge in [0.2, 0.25) is 0 Å². The van der Waals surface area contributed by atoms with Crippen LogP contribution in [-0.2, 0) is 11.3 Å². The summed E-state index contributed by atoms with van der Waals surface area (Å²) in [5, 5.41) is 24.7. The van der Waals surface area contributed by atoms with E-state index in [9.17, 15) is 20.2 Å². The van der Waals surface area contributed by atoms with Crippen LogP contribution in [0.25, 0.3) is 17.0 Å². The SMILES string of the molecule is Cc1c(/C=C(/C#N)C(=O)Nc2cccc(Cl)c2Cl)c2ccccc2n1Cc1ccc([N+](=O)[O-])cc1. The van der Waals surface area contributed by atoms with Gasteiger partial charge in [-0.25, -0.2) is 0 Å². The van der Waals surface area contributed by atoms with Crippen molar-refractivity contribution in [2.24, 2.45) is 0 Å². The number of carbonyl (C=O) groups excluding carboxylic acids is 1. The third-order valence-electron chi connectivity index (χ3n) is 5.62. The molecule has 1 heterocycles. The molecule has 0 aliphatic rings. The van der Waals surface area contributed by atoms with Gasteiger partial charge in [-0.15, -0.1) is 0 Å². The topological polar surface area (TPSA) is 101 Å². The van der Waals surface area contributed by atoms with Crippen LogP contribution >= 0.6 is 23.2 Å². The molecule has 0 fully saturated rings. The van der Waals surface area contributed by atoms with Crippen molar-refractivity contribution in [3.05, 3.63) is 109 Å². The van der Waals surface area contributed by atoms with Crippen LogP contribution in [0, 0.1) is 28.4 Å². The first-order chi connectivity index (χ1) is 16.8. The molecule has 35 heavy (non-hydrogen) atoms. The van der Waals surface area contributed by atoms with Crippen molar-refractivity contribution in [3.8, 4) is 6.07 Å². The van der Waals surface area contributed by atoms with Crippen LogP contribution in [0.4, 0.5) is 11.4 Å². The number of rotatable bonds is 6. The Morgan fingerprint density at radius 2 is 1.83 bits per heavy atom. The standard InChI is InChI=1S/C26H18Cl2N4O3/c1-16-21(13-18(14-29)26(33)30-23-7-4-6-22(27)25(23)28)20-5-2-3-8-24(20)31(16)15-17-9-11-19(12-10-17)32(34)35/h2-13H,15H2,1H3,(H,30,33)/b18-13-. The van der Waals surface area contributed by atoms with Crippen molar-refractivity contribution < 1.29 is 9.72 Å². The van der Waals surface area contributed by atoms with E-state index in [1.807, 2.05) is 41.8 Å². The number of nitrogens with one attached hydrogen (secondary N) is 1. The van der Waals surface area contributed by atoms with Crippen molar-refractivity contribution in [2.75, 3.05) is 5.32 Å². The fraction of sp³-hybridized carbons (Fsp3) is 0.0769. The summed E-state index contributed by atoms with van der Waals surface area (Å²) in [6, 6.07) is 20.8. The van der Waals surface area contributed by atoms with Crippen molar-refractivity contribution >= 4 is 57.5 Å². The number of nitro benzene ring substituents is 1. The van der Waals surface area contributed by atoms with E-state index in [0.717, 1.165) is 27.7 Å². The molecule has 0 bridgehead atoms. The molecule has 0 spiro atoms. The predicted octanol–water partition coefficient (Wildman–Crippen LogP) is 6.76. The van der Waals surface area contributed by atoms with E-state index in [-0.39, 0.29) is 21.3 Å². The van der Waals surface area contributed by atoms with Crippen LogP contribution in [-0.4, -0.2) is 15.4 Å². The summed E-state index contributed by atoms with van der Waals surface area (Å²) in [6.07, 6.45) is 1.55. The van der Waals surface area contributed by atoms with E-state index >= 15 is 0 Å². The number of anilines is 1. The Kier molecular flexibility index (Phi) is 6.87. The Morgan fingerprint density at radius 1 is 1.11 bits per heavy atom. The van der Waals surface area contributed by atoms with E-state index in [1.165, 1.54) is 12.1 Å². The first-order valence-corrected chi connectivity index (χ1v) is 11.2. The van der Waals surface area contributed by atoms with E-state index in [2.05, 4.69) is 5.32 Å². The van der Waals surface area contributed by atoms with E-state index in [1.54, 1.807) is 36.4 Å². The van der Waals surface area contributed by atoms with E-state index < -0.39 is 10.8 Å². The molecular weight excluding hydrogens is 487 g/mol. The normalized spacial score (nSPS) is 11.3. The number of nitriles is 1. The minimum atomic E-state index is -0.608. The van der Waals surface area contributed by atoms with Gasteiger partial charge in [0.15, 0.2) is 0 Å². The third kappa shape index (κ3) is 4.90. The quantitative estimate of drug-likeness (QED) is 0.135. The van der Waals surface area contributed by atoms with Crippen molar-refractivity contribution in [1.29, 1.82) is 5.26 Å². The monoisotopic (exact) mass is 504 g/mol. The Morgan fingerprint density at radius 3 is 2.51 bits per heavy atom. The number of benzene rings is 3. The van der Waals surface area contributed by atoms with Crippen LogP contribution in [0.2, 0.25) is 10.0 Å². The first-order valence-electron chi connectivity index (χ1n) is 10.5. The number of aromatic nitrogens is 1. The fourth-order valence-electron chi connectivity index (χ4n) is 3.83. The maximum Gasteiger partial charge on any atom is 0.269 e. The number of nitrogens with zero attached hydrogens (tertiary/aromatic N) is 3. The third-order valence-corrected chi connectivity index (χ3v) is 6.44. The Bertz CT molecular complexity index is 1530. The summed E-state index contributed by atoms with van der Waals surface area (Å²) in [4.78, 5) is 23.4. The van der Waals surface area contributed by atoms with Crippen LogP contribution in [0.1, 0.15) is 16.8 Å². The lowest BCUT2D eigenvalue weighted by molar-refractivity contribution is -0.384. The molecule has 1 N–H and O–H groups in total. The molecule has 0 atom stereocenters. The second-order valence-electron chi connectivity index (χ2n) is 7.75. The summed E-state index contributed by atoms with van der Waals surface area (Å²) < 4.78 is 2.04. The number of para-hydroxylation sites is 1. The van der Waals surface area contributed by atoms with Gasteiger partial charge in [0.05, 0.1) is 20.7 Å². The highest BCUT2D eigenvalue weighted by atomic mass is 35.5. The zero-order valence-electron chi connectivity index (χ0n) is 18.5. The predicted molar refractivity (Wildman–Crippen MR) is 138 cm³/mol. The number of fused-ring (bicyclic) bond motifs is 1. The molecule has 0 aliphatic heterocycles. The average molecular weight is 505 g/mol. The molecule has 0 saturated heterocycles. The second kappa shape index (κ2) is 10.0. The number of non-ortho nitro benzene ring substituents is 1. The lowest BCUT2D eigenvalue weighted by Crippen LogP contribution is -2.14. The number of hydrogen-bond donors (Lipinski definition) is 1. The van der Waals surface area contributed by atoms with E-state index in [4.69, 9.17) is 23.2 Å². The minimum Gasteiger partial charge on any atom is -0.340 e. The van der Waals surface area contributed by atoms with Gasteiger partial charge in [-0.05, 0) is 36.8 Å². The molecule has 9 heteroatoms. The fourth-order valence-corrected chi connectivity index (χ4v) is 4.18. The lowest BCUT2D eigenvalue weighted by Gasteiger charge is -2.09. The highest BCUT2D eigenvalue weighted by molar-refractivity contribution is 6.44. The summed E-state index contributed by atoms with van der Waals surface area (Å²) in [6.45, 7) is 2.36. The van der Waals surface area contributed by atoms with Crippen molar-refractivity contribution in [2.45, 2.75) is 13.5 Å². The van der Waals surface area contributed by atoms with Crippen molar-refractivity contribution in [3.63, 3.8) is 0 Å². The molecule has 174 valence electrons. The Hall–Kier alpha value is -4.12. The largest absolute Gasteiger partial charge is 0.340 e. The zero-order valence-corrected chi connectivity index (χ0v) is 20.0. The van der Waals surface area contributed by atoms with Gasteiger partial charge in [0.25, 0.3) is 11.6 Å². The minimum absolute atomic E-state index is 0.0240. The van der Waals surface area contributed by atoms with Gasteiger partial charge >= 0.3 is 0 Å². The number of amides is 1. The van der Waals surface area contributed by atoms with Crippen LogP contribution in [0.5, 0.6) is 0 Å². The molecular formula is C26H18Cl2N4O3. The van der Waals surface area contributed by atoms with Crippen LogP contribution < -0.4 is 5.32 Å². The maximum absolute atomic E-state index is 12.9. The van der Waals surface area contributed by atoms with Gasteiger partial charge in [-0.1, -0.05) is 59.6 Å². The van der Waals surface area contributed by atoms with Gasteiger partial charge in [0.1, 0.15) is 11.6 Å². The lowest BCUT2D eigenvalue weighted by atomic mass is 10.1. The molecule has 1 amide bonds. The summed E-state index contributed by atoms with van der Waals surface area (Å²) in [5.41, 5.74) is 3.59. The summed E-state index contributed by atoms with van der Waals surface area (Å²) in [7, 11) is 0. The molecule has 0 aliphatic carbocycles. The summed E-state index contributed by atoms with van der Waals surface area (Å²) in [5.74, 6) is -0.608. The van der Waals surface area contributed by atoms with Crippen molar-refractivity contribution in [1.82, 2.24) is 4.57 Å². The molecule has 3 aromatic carbocycles. The molecule has 0 saturated carbocycles. The molecule has 4 rings (SSSR count). The first kappa shape index (κ1) is 24.0. The van der Waals surface area contributed by atoms with E-state index in [0.29, 0.717) is 12.2 Å². The zero-order chi connectivity index (χ0) is 25.1. The van der Waals surface area contributed by atoms with Gasteiger partial charge in [0, 0.05) is 40.8 Å². The Labute approximate surface area is 211 Å². The molecule has 7 nitrogen and oxygen atoms in total. The van der Waals surface area contributed by atoms with Crippen LogP contribution in [0.15, 0.2) is 72.3 Å². The highest BCUT2D eigenvalue weighted by Crippen LogP contribution is 2.31. The van der Waals surface area contributed by atoms with Gasteiger partial charge in [-0.2, -0.15) is 5.26 Å². The van der Waals surface area contributed by atoms with Crippen LogP contribution in [0.3, 0.4) is 0 Å². The molecule has 4 aromatic rings. The number of nitro groups is 1. The average Bonchev–Trinajstić information content (AvgIpc) is 3.11. The molecule has 0 unspecified atom stereocenters. The number of carbonyl (C=O) groups is 1. The summed E-state index contributed by atoms with van der Waals surface area (Å²) >= 11 is 12.2. The highest BCUT2D eigenvalue weighted by Gasteiger charge is 2.17. The maximum atomic E-state index is 12.9.